The Morgan fingerprint density at radius 3 is 2.43 bits per heavy atom. The molecule has 0 radical (unpaired) electrons. The van der Waals surface area contributed by atoms with Gasteiger partial charge in [-0.25, -0.2) is 0 Å². The molecule has 0 aromatic carbocycles. The van der Waals surface area contributed by atoms with Gasteiger partial charge in [0.25, 0.3) is 0 Å². The summed E-state index contributed by atoms with van der Waals surface area (Å²) in [5.41, 5.74) is -0.446. The van der Waals surface area contributed by atoms with E-state index >= 15 is 0 Å². The first-order valence-corrected chi connectivity index (χ1v) is 5.98. The molecule has 14 heavy (non-hydrogen) atoms. The predicted octanol–water partition coefficient (Wildman–Crippen LogP) is 2.32. The van der Waals surface area contributed by atoms with E-state index in [-0.39, 0.29) is 0 Å². The summed E-state index contributed by atoms with van der Waals surface area (Å²) in [5, 5.41) is 13.7. The van der Waals surface area contributed by atoms with Crippen molar-refractivity contribution in [1.29, 1.82) is 0 Å². The van der Waals surface area contributed by atoms with Crippen LogP contribution in [0.4, 0.5) is 0 Å². The lowest BCUT2D eigenvalue weighted by Gasteiger charge is -2.30. The van der Waals surface area contributed by atoms with Crippen LogP contribution in [0.25, 0.3) is 0 Å². The fourth-order valence-electron chi connectivity index (χ4n) is 2.37. The van der Waals surface area contributed by atoms with Gasteiger partial charge < -0.3 is 10.4 Å². The van der Waals surface area contributed by atoms with E-state index in [0.717, 1.165) is 13.0 Å². The minimum atomic E-state index is -0.446. The Labute approximate surface area is 88.1 Å². The first-order chi connectivity index (χ1) is 6.52. The lowest BCUT2D eigenvalue weighted by Crippen LogP contribution is -2.37. The molecule has 2 nitrogen and oxygen atoms in total. The van der Waals surface area contributed by atoms with E-state index in [1.54, 1.807) is 0 Å². The van der Waals surface area contributed by atoms with Crippen LogP contribution < -0.4 is 5.32 Å². The number of rotatable bonds is 5. The number of hydrogen-bond acceptors (Lipinski definition) is 2. The van der Waals surface area contributed by atoms with Gasteiger partial charge in [0, 0.05) is 6.04 Å². The van der Waals surface area contributed by atoms with Crippen molar-refractivity contribution in [3.63, 3.8) is 0 Å². The van der Waals surface area contributed by atoms with Crippen molar-refractivity contribution in [3.8, 4) is 0 Å². The Bertz CT molecular complexity index is 160. The molecule has 1 saturated carbocycles. The van der Waals surface area contributed by atoms with Crippen LogP contribution in [-0.2, 0) is 0 Å². The first-order valence-electron chi connectivity index (χ1n) is 5.98. The van der Waals surface area contributed by atoms with Crippen molar-refractivity contribution in [2.24, 2.45) is 5.92 Å². The fourth-order valence-corrected chi connectivity index (χ4v) is 2.37. The van der Waals surface area contributed by atoms with Crippen molar-refractivity contribution >= 4 is 0 Å². The van der Waals surface area contributed by atoms with Gasteiger partial charge in [0.05, 0.1) is 5.60 Å². The summed E-state index contributed by atoms with van der Waals surface area (Å²) in [5.74, 6) is 0.538. The van der Waals surface area contributed by atoms with Gasteiger partial charge in [0.2, 0.25) is 0 Å². The largest absolute Gasteiger partial charge is 0.390 e. The van der Waals surface area contributed by atoms with Gasteiger partial charge in [-0.15, -0.1) is 0 Å². The van der Waals surface area contributed by atoms with Crippen molar-refractivity contribution < 1.29 is 5.11 Å². The quantitative estimate of drug-likeness (QED) is 0.712. The van der Waals surface area contributed by atoms with Crippen molar-refractivity contribution in [2.45, 2.75) is 64.5 Å². The molecule has 84 valence electrons. The number of aliphatic hydroxyl groups is 1. The fraction of sp³-hybridized carbons (Fsp3) is 1.00. The van der Waals surface area contributed by atoms with Crippen LogP contribution in [0.2, 0.25) is 0 Å². The van der Waals surface area contributed by atoms with E-state index in [1.807, 2.05) is 6.92 Å². The molecule has 1 aliphatic carbocycles. The highest BCUT2D eigenvalue weighted by Gasteiger charge is 2.33. The van der Waals surface area contributed by atoms with E-state index in [2.05, 4.69) is 19.2 Å². The molecule has 1 unspecified atom stereocenters. The Morgan fingerprint density at radius 2 is 1.93 bits per heavy atom. The van der Waals surface area contributed by atoms with Crippen molar-refractivity contribution in [2.75, 3.05) is 6.54 Å². The minimum Gasteiger partial charge on any atom is -0.390 e. The monoisotopic (exact) mass is 199 g/mol. The van der Waals surface area contributed by atoms with E-state index in [1.165, 1.54) is 25.7 Å². The third-order valence-corrected chi connectivity index (χ3v) is 3.42. The first kappa shape index (κ1) is 12.0. The highest BCUT2D eigenvalue weighted by atomic mass is 16.3. The van der Waals surface area contributed by atoms with Gasteiger partial charge in [-0.2, -0.15) is 0 Å². The van der Waals surface area contributed by atoms with Crippen LogP contribution in [0.3, 0.4) is 0 Å². The molecule has 0 aliphatic heterocycles. The smallest absolute Gasteiger partial charge is 0.0659 e. The summed E-state index contributed by atoms with van der Waals surface area (Å²) in [6.07, 6.45) is 5.93. The molecule has 1 rings (SSSR count). The third kappa shape index (κ3) is 3.58. The Balaban J connectivity index is 2.25. The Morgan fingerprint density at radius 1 is 1.36 bits per heavy atom. The molecule has 0 amide bonds. The van der Waals surface area contributed by atoms with E-state index in [4.69, 9.17) is 0 Å². The van der Waals surface area contributed by atoms with Gasteiger partial charge in [-0.3, -0.25) is 0 Å². The topological polar surface area (TPSA) is 32.3 Å². The molecule has 1 atom stereocenters. The van der Waals surface area contributed by atoms with Gasteiger partial charge >= 0.3 is 0 Å². The highest BCUT2D eigenvalue weighted by molar-refractivity contribution is 4.86. The third-order valence-electron chi connectivity index (χ3n) is 3.42. The minimum absolute atomic E-state index is 0.446. The SMILES string of the molecule is CC(C)NCCC(C)(O)C1CCCC1. The second-order valence-electron chi connectivity index (χ2n) is 5.20. The number of hydrogen-bond donors (Lipinski definition) is 2. The summed E-state index contributed by atoms with van der Waals surface area (Å²) in [6.45, 7) is 7.22. The van der Waals surface area contributed by atoms with Gasteiger partial charge in [-0.05, 0) is 38.6 Å². The summed E-state index contributed by atoms with van der Waals surface area (Å²) in [6, 6.07) is 0.523. The standard InChI is InChI=1S/C12H25NO/c1-10(2)13-9-8-12(3,14)11-6-4-5-7-11/h10-11,13-14H,4-9H2,1-3H3. The zero-order valence-corrected chi connectivity index (χ0v) is 9.84. The predicted molar refractivity (Wildman–Crippen MR) is 60.3 cm³/mol. The number of nitrogens with one attached hydrogen (secondary N) is 1. The summed E-state index contributed by atoms with van der Waals surface area (Å²) >= 11 is 0. The van der Waals surface area contributed by atoms with Crippen LogP contribution in [0.1, 0.15) is 52.9 Å². The molecule has 0 bridgehead atoms. The highest BCUT2D eigenvalue weighted by Crippen LogP contribution is 2.35. The lowest BCUT2D eigenvalue weighted by molar-refractivity contribution is -0.00612. The molecule has 2 N–H and O–H groups in total. The molecule has 0 saturated heterocycles. The van der Waals surface area contributed by atoms with Crippen LogP contribution in [0.15, 0.2) is 0 Å². The Hall–Kier alpha value is -0.0800. The van der Waals surface area contributed by atoms with Crippen LogP contribution in [0, 0.1) is 5.92 Å². The van der Waals surface area contributed by atoms with Crippen LogP contribution in [-0.4, -0.2) is 23.3 Å². The average Bonchev–Trinajstić information content (AvgIpc) is 2.54. The lowest BCUT2D eigenvalue weighted by atomic mass is 9.85. The van der Waals surface area contributed by atoms with Gasteiger partial charge in [-0.1, -0.05) is 26.7 Å². The molecule has 1 fully saturated rings. The summed E-state index contributed by atoms with van der Waals surface area (Å²) in [4.78, 5) is 0. The average molecular weight is 199 g/mol. The molecule has 2 heteroatoms. The molecule has 0 spiro atoms. The summed E-state index contributed by atoms with van der Waals surface area (Å²) in [7, 11) is 0. The van der Waals surface area contributed by atoms with Crippen LogP contribution >= 0.6 is 0 Å². The molecule has 0 heterocycles. The molecular formula is C12H25NO. The van der Waals surface area contributed by atoms with Gasteiger partial charge in [0.1, 0.15) is 0 Å². The van der Waals surface area contributed by atoms with Crippen molar-refractivity contribution in [3.05, 3.63) is 0 Å². The maximum absolute atomic E-state index is 10.3. The second kappa shape index (κ2) is 5.13. The van der Waals surface area contributed by atoms with Crippen LogP contribution in [0.5, 0.6) is 0 Å². The molecule has 0 aromatic rings. The molecule has 1 aliphatic rings. The van der Waals surface area contributed by atoms with Gasteiger partial charge in [0.15, 0.2) is 0 Å². The normalized spacial score (nSPS) is 22.9. The van der Waals surface area contributed by atoms with E-state index < -0.39 is 5.60 Å². The molecule has 0 aromatic heterocycles. The second-order valence-corrected chi connectivity index (χ2v) is 5.20. The summed E-state index contributed by atoms with van der Waals surface area (Å²) < 4.78 is 0. The van der Waals surface area contributed by atoms with E-state index in [9.17, 15) is 5.11 Å². The zero-order valence-electron chi connectivity index (χ0n) is 9.84. The van der Waals surface area contributed by atoms with E-state index in [0.29, 0.717) is 12.0 Å². The maximum Gasteiger partial charge on any atom is 0.0659 e. The van der Waals surface area contributed by atoms with Crippen molar-refractivity contribution in [1.82, 2.24) is 5.32 Å². The zero-order chi connectivity index (χ0) is 10.6. The molecular weight excluding hydrogens is 174 g/mol. The maximum atomic E-state index is 10.3. The Kier molecular flexibility index (Phi) is 4.39.